The van der Waals surface area contributed by atoms with E-state index in [9.17, 15) is 8.78 Å². The van der Waals surface area contributed by atoms with E-state index in [1.165, 1.54) is 6.07 Å². The maximum absolute atomic E-state index is 12.6. The van der Waals surface area contributed by atoms with Crippen molar-refractivity contribution in [3.05, 3.63) is 35.4 Å². The first-order valence-electron chi connectivity index (χ1n) is 5.82. The standard InChI is InChI=1S/C13H19F2NO/c1-16-7-5-10(6-8-17)11-3-2-4-12(9-11)13(14)15/h2-4,9-10,13,16-17H,5-8H2,1H3. The van der Waals surface area contributed by atoms with E-state index >= 15 is 0 Å². The van der Waals surface area contributed by atoms with Crippen LogP contribution < -0.4 is 5.32 Å². The summed E-state index contributed by atoms with van der Waals surface area (Å²) in [6, 6.07) is 6.48. The lowest BCUT2D eigenvalue weighted by atomic mass is 9.91. The topological polar surface area (TPSA) is 32.3 Å². The van der Waals surface area contributed by atoms with Gasteiger partial charge in [-0.15, -0.1) is 0 Å². The van der Waals surface area contributed by atoms with Crippen molar-refractivity contribution in [2.75, 3.05) is 20.2 Å². The fourth-order valence-electron chi connectivity index (χ4n) is 1.90. The molecule has 0 radical (unpaired) electrons. The Morgan fingerprint density at radius 1 is 1.24 bits per heavy atom. The summed E-state index contributed by atoms with van der Waals surface area (Å²) in [6.45, 7) is 0.886. The van der Waals surface area contributed by atoms with Crippen LogP contribution in [0.15, 0.2) is 24.3 Å². The third kappa shape index (κ3) is 4.40. The first-order chi connectivity index (χ1) is 8.19. The van der Waals surface area contributed by atoms with E-state index in [-0.39, 0.29) is 18.1 Å². The van der Waals surface area contributed by atoms with Gasteiger partial charge in [0.1, 0.15) is 0 Å². The lowest BCUT2D eigenvalue weighted by Gasteiger charge is -2.17. The molecule has 1 unspecified atom stereocenters. The van der Waals surface area contributed by atoms with Crippen LogP contribution in [0.4, 0.5) is 8.78 Å². The van der Waals surface area contributed by atoms with Crippen LogP contribution in [-0.4, -0.2) is 25.3 Å². The van der Waals surface area contributed by atoms with Gasteiger partial charge in [0.05, 0.1) is 0 Å². The quantitative estimate of drug-likeness (QED) is 0.771. The van der Waals surface area contributed by atoms with Crippen LogP contribution >= 0.6 is 0 Å². The summed E-state index contributed by atoms with van der Waals surface area (Å²) in [6.07, 6.45) is -0.994. The average molecular weight is 243 g/mol. The molecular formula is C13H19F2NO. The molecule has 1 aromatic carbocycles. The normalized spacial score (nSPS) is 13.0. The Hall–Kier alpha value is -1.00. The van der Waals surface area contributed by atoms with Crippen LogP contribution in [0.1, 0.15) is 36.3 Å². The van der Waals surface area contributed by atoms with Gasteiger partial charge in [0.2, 0.25) is 0 Å². The molecule has 2 nitrogen and oxygen atoms in total. The Labute approximate surface area is 101 Å². The van der Waals surface area contributed by atoms with Crippen LogP contribution in [0.2, 0.25) is 0 Å². The number of hydrogen-bond acceptors (Lipinski definition) is 2. The summed E-state index contributed by atoms with van der Waals surface area (Å²) >= 11 is 0. The van der Waals surface area contributed by atoms with E-state index in [0.29, 0.717) is 6.42 Å². The lowest BCUT2D eigenvalue weighted by molar-refractivity contribution is 0.151. The van der Waals surface area contributed by atoms with Gasteiger partial charge in [0, 0.05) is 12.2 Å². The number of nitrogens with one attached hydrogen (secondary N) is 1. The van der Waals surface area contributed by atoms with Gasteiger partial charge < -0.3 is 10.4 Å². The molecule has 0 saturated carbocycles. The van der Waals surface area contributed by atoms with E-state index in [0.717, 1.165) is 18.5 Å². The summed E-state index contributed by atoms with van der Waals surface area (Å²) in [5.41, 5.74) is 0.932. The van der Waals surface area contributed by atoms with Crippen LogP contribution in [-0.2, 0) is 0 Å². The molecule has 2 N–H and O–H groups in total. The Morgan fingerprint density at radius 3 is 2.53 bits per heavy atom. The molecule has 0 aromatic heterocycles. The van der Waals surface area contributed by atoms with Crippen molar-refractivity contribution in [2.45, 2.75) is 25.2 Å². The number of alkyl halides is 2. The van der Waals surface area contributed by atoms with E-state index in [2.05, 4.69) is 5.32 Å². The molecule has 0 heterocycles. The van der Waals surface area contributed by atoms with Crippen molar-refractivity contribution < 1.29 is 13.9 Å². The maximum Gasteiger partial charge on any atom is 0.263 e. The molecule has 96 valence electrons. The Kier molecular flexibility index (Phi) is 6.08. The van der Waals surface area contributed by atoms with Gasteiger partial charge in [0.25, 0.3) is 6.43 Å². The van der Waals surface area contributed by atoms with Crippen LogP contribution in [0.3, 0.4) is 0 Å². The first kappa shape index (κ1) is 14.1. The molecular weight excluding hydrogens is 224 g/mol. The number of aliphatic hydroxyl groups is 1. The van der Waals surface area contributed by atoms with Crippen LogP contribution in [0.25, 0.3) is 0 Å². The zero-order valence-electron chi connectivity index (χ0n) is 10.00. The summed E-state index contributed by atoms with van der Waals surface area (Å²) in [5, 5.41) is 12.0. The largest absolute Gasteiger partial charge is 0.396 e. The summed E-state index contributed by atoms with van der Waals surface area (Å²) in [7, 11) is 1.85. The molecule has 4 heteroatoms. The van der Waals surface area contributed by atoms with Gasteiger partial charge in [0.15, 0.2) is 0 Å². The smallest absolute Gasteiger partial charge is 0.263 e. The second kappa shape index (κ2) is 7.35. The molecule has 0 aliphatic rings. The van der Waals surface area contributed by atoms with Gasteiger partial charge in [-0.05, 0) is 44.0 Å². The molecule has 0 bridgehead atoms. The summed E-state index contributed by atoms with van der Waals surface area (Å²) in [5.74, 6) is 0.131. The van der Waals surface area contributed by atoms with Crippen molar-refractivity contribution in [1.29, 1.82) is 0 Å². The van der Waals surface area contributed by atoms with Crippen molar-refractivity contribution in [2.24, 2.45) is 0 Å². The van der Waals surface area contributed by atoms with Gasteiger partial charge in [-0.2, -0.15) is 0 Å². The molecule has 0 amide bonds. The summed E-state index contributed by atoms with van der Waals surface area (Å²) < 4.78 is 25.2. The molecule has 0 aliphatic heterocycles. The van der Waals surface area contributed by atoms with Crippen molar-refractivity contribution in [3.8, 4) is 0 Å². The average Bonchev–Trinajstić information content (AvgIpc) is 2.34. The number of halogens is 2. The monoisotopic (exact) mass is 243 g/mol. The first-order valence-corrected chi connectivity index (χ1v) is 5.82. The number of benzene rings is 1. The minimum Gasteiger partial charge on any atom is -0.396 e. The van der Waals surface area contributed by atoms with Gasteiger partial charge >= 0.3 is 0 Å². The zero-order chi connectivity index (χ0) is 12.7. The van der Waals surface area contributed by atoms with Crippen molar-refractivity contribution in [1.82, 2.24) is 5.32 Å². The lowest BCUT2D eigenvalue weighted by Crippen LogP contribution is -2.13. The number of aliphatic hydroxyl groups excluding tert-OH is 1. The molecule has 1 atom stereocenters. The van der Waals surface area contributed by atoms with E-state index in [1.54, 1.807) is 12.1 Å². The highest BCUT2D eigenvalue weighted by atomic mass is 19.3. The maximum atomic E-state index is 12.6. The van der Waals surface area contributed by atoms with Gasteiger partial charge in [-0.3, -0.25) is 0 Å². The highest BCUT2D eigenvalue weighted by Crippen LogP contribution is 2.27. The van der Waals surface area contributed by atoms with E-state index < -0.39 is 6.43 Å². The highest BCUT2D eigenvalue weighted by Gasteiger charge is 2.13. The fourth-order valence-corrected chi connectivity index (χ4v) is 1.90. The van der Waals surface area contributed by atoms with Gasteiger partial charge in [-0.1, -0.05) is 18.2 Å². The molecule has 0 fully saturated rings. The Bertz CT molecular complexity index is 331. The fraction of sp³-hybridized carbons (Fsp3) is 0.538. The third-order valence-electron chi connectivity index (χ3n) is 2.85. The second-order valence-electron chi connectivity index (χ2n) is 4.07. The minimum absolute atomic E-state index is 0.0508. The third-order valence-corrected chi connectivity index (χ3v) is 2.85. The molecule has 0 spiro atoms. The molecule has 1 rings (SSSR count). The number of hydrogen-bond donors (Lipinski definition) is 2. The summed E-state index contributed by atoms with van der Waals surface area (Å²) in [4.78, 5) is 0. The highest BCUT2D eigenvalue weighted by molar-refractivity contribution is 5.27. The van der Waals surface area contributed by atoms with Crippen molar-refractivity contribution >= 4 is 0 Å². The Morgan fingerprint density at radius 2 is 1.94 bits per heavy atom. The predicted molar refractivity (Wildman–Crippen MR) is 64.4 cm³/mol. The SMILES string of the molecule is CNCCC(CCO)c1cccc(C(F)F)c1. The van der Waals surface area contributed by atoms with Gasteiger partial charge in [-0.25, -0.2) is 8.78 Å². The van der Waals surface area contributed by atoms with Crippen LogP contribution in [0, 0.1) is 0 Å². The predicted octanol–water partition coefficient (Wildman–Crippen LogP) is 2.70. The number of rotatable bonds is 7. The van der Waals surface area contributed by atoms with Crippen molar-refractivity contribution in [3.63, 3.8) is 0 Å². The molecule has 1 aromatic rings. The van der Waals surface area contributed by atoms with E-state index in [1.807, 2.05) is 13.1 Å². The van der Waals surface area contributed by atoms with E-state index in [4.69, 9.17) is 5.11 Å². The molecule has 0 saturated heterocycles. The molecule has 17 heavy (non-hydrogen) atoms. The molecule has 0 aliphatic carbocycles. The second-order valence-corrected chi connectivity index (χ2v) is 4.07. The van der Waals surface area contributed by atoms with Crippen LogP contribution in [0.5, 0.6) is 0 Å². The Balaban J connectivity index is 2.81. The minimum atomic E-state index is -2.44. The zero-order valence-corrected chi connectivity index (χ0v) is 10.00.